The number of rotatable bonds is 5. The van der Waals surface area contributed by atoms with Crippen LogP contribution in [0.3, 0.4) is 0 Å². The molecule has 0 fully saturated rings. The molecule has 4 heteroatoms. The summed E-state index contributed by atoms with van der Waals surface area (Å²) in [5, 5.41) is 9.40. The molecule has 4 nitrogen and oxygen atoms in total. The van der Waals surface area contributed by atoms with Crippen molar-refractivity contribution in [2.24, 2.45) is 17.1 Å². The van der Waals surface area contributed by atoms with Crippen LogP contribution in [0.2, 0.25) is 0 Å². The standard InChI is InChI=1S/C11H24N2O2/c1-8(7-12)10(2,3)11(4,9(14)15)13(5)6/h8H,7,12H2,1-6H3,(H,14,15)/t8?,11-/m1/s1. The number of hydrogen-bond donors (Lipinski definition) is 2. The molecule has 0 aliphatic carbocycles. The molecule has 0 aromatic rings. The third-order valence-corrected chi connectivity index (χ3v) is 4.15. The van der Waals surface area contributed by atoms with Crippen LogP contribution in [0.1, 0.15) is 27.7 Å². The maximum Gasteiger partial charge on any atom is 0.324 e. The molecular weight excluding hydrogens is 192 g/mol. The molecule has 0 rings (SSSR count). The number of hydrogen-bond acceptors (Lipinski definition) is 3. The van der Waals surface area contributed by atoms with E-state index >= 15 is 0 Å². The summed E-state index contributed by atoms with van der Waals surface area (Å²) < 4.78 is 0. The highest BCUT2D eigenvalue weighted by atomic mass is 16.4. The zero-order chi connectivity index (χ0) is 12.4. The second kappa shape index (κ2) is 4.49. The van der Waals surface area contributed by atoms with Gasteiger partial charge in [0.25, 0.3) is 0 Å². The van der Waals surface area contributed by atoms with Crippen molar-refractivity contribution in [2.45, 2.75) is 33.2 Å². The predicted molar refractivity (Wildman–Crippen MR) is 61.7 cm³/mol. The molecule has 0 spiro atoms. The highest BCUT2D eigenvalue weighted by Gasteiger charge is 2.51. The Balaban J connectivity index is 5.35. The SMILES string of the molecule is CC(CN)C(C)(C)[C@@](C)(C(=O)O)N(C)C. The molecule has 1 unspecified atom stereocenters. The number of aliphatic carboxylic acids is 1. The van der Waals surface area contributed by atoms with Crippen LogP contribution in [-0.4, -0.2) is 42.2 Å². The zero-order valence-electron chi connectivity index (χ0n) is 10.7. The number of carboxylic acids is 1. The summed E-state index contributed by atoms with van der Waals surface area (Å²) in [7, 11) is 3.58. The second-order valence-electron chi connectivity index (χ2n) is 5.13. The number of carbonyl (C=O) groups is 1. The molecule has 0 amide bonds. The lowest BCUT2D eigenvalue weighted by atomic mass is 9.65. The predicted octanol–water partition coefficient (Wildman–Crippen LogP) is 1.01. The topological polar surface area (TPSA) is 66.6 Å². The van der Waals surface area contributed by atoms with Crippen LogP contribution < -0.4 is 5.73 Å². The van der Waals surface area contributed by atoms with E-state index in [0.717, 1.165) is 0 Å². The largest absolute Gasteiger partial charge is 0.480 e. The summed E-state index contributed by atoms with van der Waals surface area (Å²) in [4.78, 5) is 13.2. The lowest BCUT2D eigenvalue weighted by Gasteiger charge is -2.48. The summed E-state index contributed by atoms with van der Waals surface area (Å²) in [6.07, 6.45) is 0. The fourth-order valence-electron chi connectivity index (χ4n) is 1.82. The first-order valence-electron chi connectivity index (χ1n) is 5.23. The van der Waals surface area contributed by atoms with Crippen LogP contribution in [0, 0.1) is 11.3 Å². The number of likely N-dealkylation sites (N-methyl/N-ethyl adjacent to an activating group) is 1. The van der Waals surface area contributed by atoms with E-state index in [1.54, 1.807) is 25.9 Å². The number of nitrogens with zero attached hydrogens (tertiary/aromatic N) is 1. The van der Waals surface area contributed by atoms with Crippen molar-refractivity contribution < 1.29 is 9.90 Å². The number of nitrogens with two attached hydrogens (primary N) is 1. The van der Waals surface area contributed by atoms with Crippen molar-refractivity contribution in [1.82, 2.24) is 4.90 Å². The molecule has 0 aliphatic rings. The van der Waals surface area contributed by atoms with E-state index in [9.17, 15) is 9.90 Å². The minimum atomic E-state index is -0.911. The van der Waals surface area contributed by atoms with Crippen LogP contribution in [0.15, 0.2) is 0 Å². The summed E-state index contributed by atoms with van der Waals surface area (Å²) in [5.74, 6) is -0.668. The molecule has 0 heterocycles. The van der Waals surface area contributed by atoms with Gasteiger partial charge in [-0.25, -0.2) is 0 Å². The van der Waals surface area contributed by atoms with Crippen molar-refractivity contribution in [2.75, 3.05) is 20.6 Å². The second-order valence-corrected chi connectivity index (χ2v) is 5.13. The van der Waals surface area contributed by atoms with E-state index < -0.39 is 16.9 Å². The average molecular weight is 216 g/mol. The Morgan fingerprint density at radius 3 is 2.00 bits per heavy atom. The van der Waals surface area contributed by atoms with Gasteiger partial charge in [-0.15, -0.1) is 0 Å². The van der Waals surface area contributed by atoms with E-state index in [2.05, 4.69) is 0 Å². The first-order valence-corrected chi connectivity index (χ1v) is 5.23. The fraction of sp³-hybridized carbons (Fsp3) is 0.909. The quantitative estimate of drug-likeness (QED) is 0.720. The monoisotopic (exact) mass is 216 g/mol. The van der Waals surface area contributed by atoms with Crippen molar-refractivity contribution in [3.8, 4) is 0 Å². The van der Waals surface area contributed by atoms with Gasteiger partial charge in [0.05, 0.1) is 0 Å². The zero-order valence-corrected chi connectivity index (χ0v) is 10.7. The van der Waals surface area contributed by atoms with Crippen molar-refractivity contribution in [3.63, 3.8) is 0 Å². The van der Waals surface area contributed by atoms with Gasteiger partial charge in [-0.05, 0) is 38.9 Å². The molecule has 0 saturated heterocycles. The van der Waals surface area contributed by atoms with Crippen LogP contribution in [0.25, 0.3) is 0 Å². The lowest BCUT2D eigenvalue weighted by Crippen LogP contribution is -2.61. The Morgan fingerprint density at radius 1 is 1.40 bits per heavy atom. The molecule has 2 atom stereocenters. The van der Waals surface area contributed by atoms with Crippen LogP contribution in [0.4, 0.5) is 0 Å². The normalized spacial score (nSPS) is 18.7. The maximum absolute atomic E-state index is 11.4. The molecule has 0 aliphatic heterocycles. The molecular formula is C11H24N2O2. The summed E-state index contributed by atoms with van der Waals surface area (Å²) in [5.41, 5.74) is 4.34. The van der Waals surface area contributed by atoms with E-state index in [1.165, 1.54) is 0 Å². The smallest absolute Gasteiger partial charge is 0.324 e. The Labute approximate surface area is 92.4 Å². The molecule has 90 valence electrons. The Hall–Kier alpha value is -0.610. The van der Waals surface area contributed by atoms with E-state index in [-0.39, 0.29) is 5.92 Å². The third kappa shape index (κ3) is 2.16. The fourth-order valence-corrected chi connectivity index (χ4v) is 1.82. The van der Waals surface area contributed by atoms with Gasteiger partial charge >= 0.3 is 5.97 Å². The van der Waals surface area contributed by atoms with Crippen LogP contribution in [0.5, 0.6) is 0 Å². The van der Waals surface area contributed by atoms with Crippen molar-refractivity contribution >= 4 is 5.97 Å². The van der Waals surface area contributed by atoms with Crippen LogP contribution >= 0.6 is 0 Å². The van der Waals surface area contributed by atoms with Gasteiger partial charge in [0, 0.05) is 0 Å². The lowest BCUT2D eigenvalue weighted by molar-refractivity contribution is -0.159. The van der Waals surface area contributed by atoms with Crippen molar-refractivity contribution in [3.05, 3.63) is 0 Å². The van der Waals surface area contributed by atoms with Gasteiger partial charge in [0.2, 0.25) is 0 Å². The molecule has 15 heavy (non-hydrogen) atoms. The Bertz CT molecular complexity index is 239. The Morgan fingerprint density at radius 2 is 1.80 bits per heavy atom. The first kappa shape index (κ1) is 14.4. The summed E-state index contributed by atoms with van der Waals surface area (Å²) in [6, 6.07) is 0. The molecule has 3 N–H and O–H groups in total. The van der Waals surface area contributed by atoms with Crippen molar-refractivity contribution in [1.29, 1.82) is 0 Å². The first-order chi connectivity index (χ1) is 6.62. The van der Waals surface area contributed by atoms with Gasteiger partial charge < -0.3 is 10.8 Å². The van der Waals surface area contributed by atoms with Gasteiger partial charge in [0.15, 0.2) is 0 Å². The summed E-state index contributed by atoms with van der Waals surface area (Å²) >= 11 is 0. The minimum absolute atomic E-state index is 0.140. The summed E-state index contributed by atoms with van der Waals surface area (Å²) in [6.45, 7) is 8.15. The van der Waals surface area contributed by atoms with Gasteiger partial charge in [-0.3, -0.25) is 9.69 Å². The highest BCUT2D eigenvalue weighted by Crippen LogP contribution is 2.41. The molecule has 0 aromatic heterocycles. The van der Waals surface area contributed by atoms with Gasteiger partial charge in [-0.2, -0.15) is 0 Å². The number of carboxylic acid groups (broad SMARTS) is 1. The molecule has 0 aromatic carbocycles. The van der Waals surface area contributed by atoms with E-state index in [1.807, 2.05) is 20.8 Å². The van der Waals surface area contributed by atoms with Crippen LogP contribution in [-0.2, 0) is 4.79 Å². The van der Waals surface area contributed by atoms with Gasteiger partial charge in [-0.1, -0.05) is 20.8 Å². The average Bonchev–Trinajstić information content (AvgIpc) is 2.13. The minimum Gasteiger partial charge on any atom is -0.480 e. The maximum atomic E-state index is 11.4. The molecule has 0 saturated carbocycles. The molecule has 0 bridgehead atoms. The van der Waals surface area contributed by atoms with Gasteiger partial charge in [0.1, 0.15) is 5.54 Å². The Kier molecular flexibility index (Phi) is 4.31. The molecule has 0 radical (unpaired) electrons. The highest BCUT2D eigenvalue weighted by molar-refractivity contribution is 5.79. The van der Waals surface area contributed by atoms with E-state index in [0.29, 0.717) is 6.54 Å². The van der Waals surface area contributed by atoms with E-state index in [4.69, 9.17) is 5.73 Å². The third-order valence-electron chi connectivity index (χ3n) is 4.15.